The highest BCUT2D eigenvalue weighted by molar-refractivity contribution is 6.08. The summed E-state index contributed by atoms with van der Waals surface area (Å²) in [6.07, 6.45) is 0.130. The van der Waals surface area contributed by atoms with Gasteiger partial charge in [-0.1, -0.05) is 35.4 Å². The van der Waals surface area contributed by atoms with Gasteiger partial charge in [-0.05, 0) is 29.3 Å². The molecule has 0 bridgehead atoms. The predicted molar refractivity (Wildman–Crippen MR) is 89.6 cm³/mol. The summed E-state index contributed by atoms with van der Waals surface area (Å²) >= 11 is 0. The molecule has 0 unspecified atom stereocenters. The van der Waals surface area contributed by atoms with Gasteiger partial charge in [-0.25, -0.2) is 4.79 Å². The first-order chi connectivity index (χ1) is 12.1. The van der Waals surface area contributed by atoms with Gasteiger partial charge in [-0.2, -0.15) is 0 Å². The van der Waals surface area contributed by atoms with Crippen LogP contribution in [0.2, 0.25) is 0 Å². The molecule has 1 heterocycles. The lowest BCUT2D eigenvalue weighted by atomic mass is 9.82. The van der Waals surface area contributed by atoms with Gasteiger partial charge in [0.1, 0.15) is 5.75 Å². The monoisotopic (exact) mass is 337 g/mol. The topological polar surface area (TPSA) is 101 Å². The van der Waals surface area contributed by atoms with Gasteiger partial charge in [0.2, 0.25) is 5.78 Å². The molecular weight excluding hydrogens is 322 g/mol. The molecule has 25 heavy (non-hydrogen) atoms. The third-order valence-corrected chi connectivity index (χ3v) is 4.16. The van der Waals surface area contributed by atoms with E-state index >= 15 is 0 Å². The van der Waals surface area contributed by atoms with Crippen molar-refractivity contribution in [2.24, 2.45) is 5.11 Å². The second-order valence-electron chi connectivity index (χ2n) is 5.64. The number of esters is 1. The number of azide groups is 1. The zero-order chi connectivity index (χ0) is 17.9. The largest absolute Gasteiger partial charge is 0.496 e. The van der Waals surface area contributed by atoms with Crippen LogP contribution in [0.3, 0.4) is 0 Å². The second kappa shape index (κ2) is 6.67. The molecule has 126 valence electrons. The quantitative estimate of drug-likeness (QED) is 0.274. The molecule has 3 rings (SSSR count). The van der Waals surface area contributed by atoms with E-state index < -0.39 is 17.4 Å². The van der Waals surface area contributed by atoms with Gasteiger partial charge >= 0.3 is 5.97 Å². The highest BCUT2D eigenvalue weighted by atomic mass is 16.6. The van der Waals surface area contributed by atoms with E-state index in [1.54, 1.807) is 48.5 Å². The van der Waals surface area contributed by atoms with Crippen LogP contribution >= 0.6 is 0 Å². The number of carbonyl (C=O) groups is 2. The Morgan fingerprint density at radius 1 is 1.28 bits per heavy atom. The minimum Gasteiger partial charge on any atom is -0.496 e. The van der Waals surface area contributed by atoms with Gasteiger partial charge in [0.15, 0.2) is 5.60 Å². The van der Waals surface area contributed by atoms with Crippen molar-refractivity contribution >= 4 is 11.8 Å². The van der Waals surface area contributed by atoms with Gasteiger partial charge in [-0.15, -0.1) is 0 Å². The molecule has 0 amide bonds. The zero-order valence-corrected chi connectivity index (χ0v) is 13.5. The fourth-order valence-corrected chi connectivity index (χ4v) is 2.96. The zero-order valence-electron chi connectivity index (χ0n) is 13.5. The Morgan fingerprint density at radius 3 is 2.76 bits per heavy atom. The molecule has 0 aliphatic carbocycles. The maximum atomic E-state index is 13.2. The van der Waals surface area contributed by atoms with E-state index in [0.29, 0.717) is 16.9 Å². The van der Waals surface area contributed by atoms with Crippen LogP contribution in [-0.4, -0.2) is 31.0 Å². The molecular formula is C18H15N3O4. The summed E-state index contributed by atoms with van der Waals surface area (Å²) in [5.41, 5.74) is 8.47. The van der Waals surface area contributed by atoms with E-state index in [4.69, 9.17) is 15.0 Å². The number of para-hydroxylation sites is 1. The van der Waals surface area contributed by atoms with Crippen LogP contribution in [0.15, 0.2) is 53.6 Å². The van der Waals surface area contributed by atoms with Crippen LogP contribution < -0.4 is 4.74 Å². The van der Waals surface area contributed by atoms with Crippen molar-refractivity contribution in [2.75, 3.05) is 13.7 Å². The van der Waals surface area contributed by atoms with Gasteiger partial charge in [0.25, 0.3) is 0 Å². The number of fused-ring (bicyclic) bond motifs is 1. The van der Waals surface area contributed by atoms with Crippen molar-refractivity contribution in [3.05, 3.63) is 75.7 Å². The molecule has 1 aliphatic rings. The maximum Gasteiger partial charge on any atom is 0.339 e. The van der Waals surface area contributed by atoms with Crippen LogP contribution in [-0.2, 0) is 11.2 Å². The van der Waals surface area contributed by atoms with Crippen molar-refractivity contribution in [3.8, 4) is 5.75 Å². The number of hydrogen-bond donors (Lipinski definition) is 0. The summed E-state index contributed by atoms with van der Waals surface area (Å²) in [4.78, 5) is 28.4. The molecule has 7 nitrogen and oxygen atoms in total. The van der Waals surface area contributed by atoms with Crippen molar-refractivity contribution in [1.82, 2.24) is 0 Å². The van der Waals surface area contributed by atoms with Crippen LogP contribution in [0, 0.1) is 0 Å². The summed E-state index contributed by atoms with van der Waals surface area (Å²) in [6, 6.07) is 13.6. The van der Waals surface area contributed by atoms with Gasteiger partial charge in [-0.3, -0.25) is 4.79 Å². The summed E-state index contributed by atoms with van der Waals surface area (Å²) in [6.45, 7) is -0.291. The van der Waals surface area contributed by atoms with E-state index in [0.717, 1.165) is 0 Å². The highest BCUT2D eigenvalue weighted by Gasteiger charge is 2.47. The van der Waals surface area contributed by atoms with E-state index in [9.17, 15) is 9.59 Å². The second-order valence-corrected chi connectivity index (χ2v) is 5.64. The van der Waals surface area contributed by atoms with E-state index in [1.807, 2.05) is 0 Å². The SMILES string of the molecule is COc1ccccc1C(=O)[C@]1(CN=[N+]=[N-])Cc2ccccc2C(=O)O1. The molecule has 1 atom stereocenters. The number of benzene rings is 2. The normalized spacial score (nSPS) is 18.5. The molecule has 2 aromatic rings. The summed E-state index contributed by atoms with van der Waals surface area (Å²) in [5, 5.41) is 3.52. The first-order valence-electron chi connectivity index (χ1n) is 7.61. The van der Waals surface area contributed by atoms with Crippen molar-refractivity contribution in [3.63, 3.8) is 0 Å². The molecule has 1 aliphatic heterocycles. The maximum absolute atomic E-state index is 13.2. The Kier molecular flexibility index (Phi) is 4.41. The predicted octanol–water partition coefficient (Wildman–Crippen LogP) is 3.34. The molecule has 0 N–H and O–H groups in total. The lowest BCUT2D eigenvalue weighted by Crippen LogP contribution is -2.51. The van der Waals surface area contributed by atoms with Crippen LogP contribution in [0.25, 0.3) is 10.4 Å². The first-order valence-corrected chi connectivity index (χ1v) is 7.61. The molecule has 0 saturated carbocycles. The number of hydrogen-bond acceptors (Lipinski definition) is 5. The molecule has 0 aromatic heterocycles. The van der Waals surface area contributed by atoms with Crippen LogP contribution in [0.1, 0.15) is 26.3 Å². The molecule has 0 saturated heterocycles. The van der Waals surface area contributed by atoms with Crippen molar-refractivity contribution in [1.29, 1.82) is 0 Å². The molecule has 0 fully saturated rings. The van der Waals surface area contributed by atoms with E-state index in [2.05, 4.69) is 10.0 Å². The van der Waals surface area contributed by atoms with Gasteiger partial charge in [0.05, 0.1) is 24.8 Å². The van der Waals surface area contributed by atoms with Crippen LogP contribution in [0.5, 0.6) is 5.75 Å². The van der Waals surface area contributed by atoms with Gasteiger partial charge in [0, 0.05) is 11.3 Å². The molecule has 0 radical (unpaired) electrons. The Bertz CT molecular complexity index is 889. The highest BCUT2D eigenvalue weighted by Crippen LogP contribution is 2.34. The van der Waals surface area contributed by atoms with E-state index in [1.165, 1.54) is 7.11 Å². The Morgan fingerprint density at radius 2 is 2.00 bits per heavy atom. The van der Waals surface area contributed by atoms with E-state index in [-0.39, 0.29) is 18.5 Å². The Balaban J connectivity index is 2.10. The lowest BCUT2D eigenvalue weighted by Gasteiger charge is -2.35. The Labute approximate surface area is 143 Å². The number of Topliss-reactive ketones (excluding diaryl/α,β-unsaturated/α-hetero) is 1. The fraction of sp³-hybridized carbons (Fsp3) is 0.222. The average molecular weight is 337 g/mol. The number of rotatable bonds is 5. The Hall–Kier alpha value is -3.31. The lowest BCUT2D eigenvalue weighted by molar-refractivity contribution is -0.0112. The number of methoxy groups -OCH3 is 1. The van der Waals surface area contributed by atoms with Crippen LogP contribution in [0.4, 0.5) is 0 Å². The minimum absolute atomic E-state index is 0.130. The third kappa shape index (κ3) is 2.93. The number of ether oxygens (including phenoxy) is 2. The third-order valence-electron chi connectivity index (χ3n) is 4.16. The number of ketones is 1. The number of nitrogens with zero attached hydrogens (tertiary/aromatic N) is 3. The number of cyclic esters (lactones) is 1. The minimum atomic E-state index is -1.59. The fourth-order valence-electron chi connectivity index (χ4n) is 2.96. The summed E-state index contributed by atoms with van der Waals surface area (Å²) < 4.78 is 10.7. The first kappa shape index (κ1) is 16.5. The van der Waals surface area contributed by atoms with Gasteiger partial charge < -0.3 is 9.47 Å². The molecule has 0 spiro atoms. The molecule has 7 heteroatoms. The molecule has 2 aromatic carbocycles. The average Bonchev–Trinajstić information content (AvgIpc) is 2.65. The van der Waals surface area contributed by atoms with Crippen molar-refractivity contribution < 1.29 is 19.1 Å². The smallest absolute Gasteiger partial charge is 0.339 e. The number of carbonyl (C=O) groups excluding carboxylic acids is 2. The standard InChI is InChI=1S/C18H15N3O4/c1-24-15-9-5-4-8-14(15)16(22)18(11-20-21-19)10-12-6-2-3-7-13(12)17(23)25-18/h2-9H,10-11H2,1H3/t18-/m1/s1. The van der Waals surface area contributed by atoms with Crippen molar-refractivity contribution in [2.45, 2.75) is 12.0 Å². The summed E-state index contributed by atoms with van der Waals surface area (Å²) in [5.74, 6) is -0.707. The summed E-state index contributed by atoms with van der Waals surface area (Å²) in [7, 11) is 1.45.